The lowest BCUT2D eigenvalue weighted by Crippen LogP contribution is -2.31. The zero-order valence-electron chi connectivity index (χ0n) is 11.5. The second kappa shape index (κ2) is 6.28. The second-order valence-electron chi connectivity index (χ2n) is 4.68. The Labute approximate surface area is 133 Å². The number of hydrogen-bond acceptors (Lipinski definition) is 5. The van der Waals surface area contributed by atoms with Crippen LogP contribution < -0.4 is 5.73 Å². The normalized spacial score (nSPS) is 23.6. The van der Waals surface area contributed by atoms with Gasteiger partial charge in [0.05, 0.1) is 22.9 Å². The molecule has 1 aliphatic heterocycles. The van der Waals surface area contributed by atoms with E-state index in [1.54, 1.807) is 0 Å². The maximum Gasteiger partial charge on any atom is 0.246 e. The van der Waals surface area contributed by atoms with Gasteiger partial charge in [0.2, 0.25) is 10.0 Å². The van der Waals surface area contributed by atoms with Gasteiger partial charge in [0.1, 0.15) is 4.90 Å². The first-order valence-electron chi connectivity index (χ1n) is 6.11. The van der Waals surface area contributed by atoms with E-state index in [-0.39, 0.29) is 45.9 Å². The SMILES string of the molecule is COC1CN(S(=O)(=O)c2c(N)cc(Cl)cc2Cl)CC1OC. The standard InChI is InChI=1S/C12H16Cl2N2O4S/c1-19-10-5-16(6-11(10)20-2)21(17,18)12-8(14)3-7(13)4-9(12)15/h3-4,10-11H,5-6,15H2,1-2H3. The predicted octanol–water partition coefficient (Wildman–Crippen LogP) is 1.61. The van der Waals surface area contributed by atoms with Crippen LogP contribution in [0.3, 0.4) is 0 Å². The number of methoxy groups -OCH3 is 2. The van der Waals surface area contributed by atoms with E-state index in [2.05, 4.69) is 0 Å². The Bertz CT molecular complexity index is 603. The molecular formula is C12H16Cl2N2O4S. The molecule has 1 aliphatic rings. The number of nitrogens with zero attached hydrogens (tertiary/aromatic N) is 1. The van der Waals surface area contributed by atoms with Crippen molar-refractivity contribution in [1.82, 2.24) is 4.31 Å². The van der Waals surface area contributed by atoms with E-state index < -0.39 is 10.0 Å². The molecule has 1 aromatic rings. The molecule has 1 heterocycles. The largest absolute Gasteiger partial charge is 0.398 e. The van der Waals surface area contributed by atoms with Crippen molar-refractivity contribution in [3.63, 3.8) is 0 Å². The van der Waals surface area contributed by atoms with Gasteiger partial charge in [0, 0.05) is 32.3 Å². The van der Waals surface area contributed by atoms with Crippen molar-refractivity contribution in [3.8, 4) is 0 Å². The number of nitrogens with two attached hydrogens (primary N) is 1. The third-order valence-electron chi connectivity index (χ3n) is 3.42. The van der Waals surface area contributed by atoms with Crippen LogP contribution in [-0.2, 0) is 19.5 Å². The first-order chi connectivity index (χ1) is 9.81. The fourth-order valence-corrected chi connectivity index (χ4v) is 4.75. The number of benzene rings is 1. The highest BCUT2D eigenvalue weighted by Crippen LogP contribution is 2.34. The summed E-state index contributed by atoms with van der Waals surface area (Å²) in [5.41, 5.74) is 5.79. The number of rotatable bonds is 4. The van der Waals surface area contributed by atoms with Gasteiger partial charge >= 0.3 is 0 Å². The number of halogens is 2. The molecule has 1 fully saturated rings. The summed E-state index contributed by atoms with van der Waals surface area (Å²) in [6.07, 6.45) is -0.672. The Morgan fingerprint density at radius 3 is 2.14 bits per heavy atom. The maximum absolute atomic E-state index is 12.7. The molecule has 1 saturated heterocycles. The highest BCUT2D eigenvalue weighted by atomic mass is 35.5. The third kappa shape index (κ3) is 3.13. The average molecular weight is 355 g/mol. The molecule has 0 bridgehead atoms. The van der Waals surface area contributed by atoms with Gasteiger partial charge in [0.15, 0.2) is 0 Å². The summed E-state index contributed by atoms with van der Waals surface area (Å²) in [5, 5.41) is 0.275. The summed E-state index contributed by atoms with van der Waals surface area (Å²) in [6.45, 7) is 0.353. The summed E-state index contributed by atoms with van der Waals surface area (Å²) in [4.78, 5) is -0.139. The molecular weight excluding hydrogens is 339 g/mol. The highest BCUT2D eigenvalue weighted by molar-refractivity contribution is 7.89. The van der Waals surface area contributed by atoms with Crippen LogP contribution in [0, 0.1) is 0 Å². The van der Waals surface area contributed by atoms with Crippen molar-refractivity contribution < 1.29 is 17.9 Å². The summed E-state index contributed by atoms with van der Waals surface area (Å²) in [6, 6.07) is 2.71. The van der Waals surface area contributed by atoms with Crippen LogP contribution >= 0.6 is 23.2 Å². The fourth-order valence-electron chi connectivity index (χ4n) is 2.34. The van der Waals surface area contributed by atoms with Crippen molar-refractivity contribution in [2.24, 2.45) is 0 Å². The summed E-state index contributed by atoms with van der Waals surface area (Å²) < 4.78 is 37.2. The molecule has 2 N–H and O–H groups in total. The Morgan fingerprint density at radius 2 is 1.71 bits per heavy atom. The second-order valence-corrected chi connectivity index (χ2v) is 7.39. The van der Waals surface area contributed by atoms with E-state index in [9.17, 15) is 8.42 Å². The van der Waals surface area contributed by atoms with Gasteiger partial charge in [-0.2, -0.15) is 4.31 Å². The third-order valence-corrected chi connectivity index (χ3v) is 6.00. The van der Waals surface area contributed by atoms with E-state index in [0.717, 1.165) is 0 Å². The van der Waals surface area contributed by atoms with Gasteiger partial charge in [-0.3, -0.25) is 0 Å². The van der Waals surface area contributed by atoms with E-state index in [1.165, 1.54) is 30.7 Å². The van der Waals surface area contributed by atoms with Crippen molar-refractivity contribution in [2.45, 2.75) is 17.1 Å². The smallest absolute Gasteiger partial charge is 0.246 e. The summed E-state index contributed by atoms with van der Waals surface area (Å²) in [7, 11) is -0.824. The first-order valence-corrected chi connectivity index (χ1v) is 8.31. The number of nitrogen functional groups attached to an aromatic ring is 1. The topological polar surface area (TPSA) is 81.9 Å². The van der Waals surface area contributed by atoms with Crippen LogP contribution in [0.2, 0.25) is 10.0 Å². The minimum absolute atomic E-state index is 0.00478. The molecule has 6 nitrogen and oxygen atoms in total. The minimum atomic E-state index is -3.85. The maximum atomic E-state index is 12.7. The Hall–Kier alpha value is -0.570. The predicted molar refractivity (Wildman–Crippen MR) is 81.2 cm³/mol. The van der Waals surface area contributed by atoms with Crippen LogP contribution in [0.4, 0.5) is 5.69 Å². The Morgan fingerprint density at radius 1 is 1.19 bits per heavy atom. The Balaban J connectivity index is 2.40. The van der Waals surface area contributed by atoms with Crippen molar-refractivity contribution in [1.29, 1.82) is 0 Å². The van der Waals surface area contributed by atoms with E-state index in [4.69, 9.17) is 38.4 Å². The van der Waals surface area contributed by atoms with Gasteiger partial charge < -0.3 is 15.2 Å². The summed E-state index contributed by atoms with van der Waals surface area (Å²) in [5.74, 6) is 0. The zero-order valence-corrected chi connectivity index (χ0v) is 13.9. The quantitative estimate of drug-likeness (QED) is 0.830. The van der Waals surface area contributed by atoms with E-state index in [1.807, 2.05) is 0 Å². The van der Waals surface area contributed by atoms with E-state index in [0.29, 0.717) is 0 Å². The van der Waals surface area contributed by atoms with Crippen LogP contribution in [0.25, 0.3) is 0 Å². The monoisotopic (exact) mass is 354 g/mol. The van der Waals surface area contributed by atoms with Crippen LogP contribution in [0.15, 0.2) is 17.0 Å². The molecule has 2 atom stereocenters. The molecule has 2 unspecified atom stereocenters. The van der Waals surface area contributed by atoms with Gasteiger partial charge in [-0.1, -0.05) is 23.2 Å². The number of sulfonamides is 1. The lowest BCUT2D eigenvalue weighted by molar-refractivity contribution is -0.00461. The number of ether oxygens (including phenoxy) is 2. The van der Waals surface area contributed by atoms with Gasteiger partial charge in [-0.25, -0.2) is 8.42 Å². The molecule has 0 aromatic heterocycles. The van der Waals surface area contributed by atoms with Crippen molar-refractivity contribution >= 4 is 38.9 Å². The molecule has 0 spiro atoms. The molecule has 0 amide bonds. The summed E-state index contributed by atoms with van der Waals surface area (Å²) >= 11 is 11.8. The zero-order chi connectivity index (χ0) is 15.8. The Kier molecular flexibility index (Phi) is 5.02. The van der Waals surface area contributed by atoms with E-state index >= 15 is 0 Å². The molecule has 9 heteroatoms. The van der Waals surface area contributed by atoms with Gasteiger partial charge in [-0.05, 0) is 12.1 Å². The van der Waals surface area contributed by atoms with Crippen molar-refractivity contribution in [3.05, 3.63) is 22.2 Å². The minimum Gasteiger partial charge on any atom is -0.398 e. The molecule has 118 valence electrons. The fraction of sp³-hybridized carbons (Fsp3) is 0.500. The van der Waals surface area contributed by atoms with Crippen molar-refractivity contribution in [2.75, 3.05) is 33.0 Å². The number of hydrogen-bond donors (Lipinski definition) is 1. The average Bonchev–Trinajstić information content (AvgIpc) is 2.80. The number of anilines is 1. The van der Waals surface area contributed by atoms with Gasteiger partial charge in [0.25, 0.3) is 0 Å². The van der Waals surface area contributed by atoms with Crippen LogP contribution in [-0.4, -0.2) is 52.2 Å². The molecule has 0 aliphatic carbocycles. The lowest BCUT2D eigenvalue weighted by atomic mass is 10.3. The van der Waals surface area contributed by atoms with Crippen LogP contribution in [0.5, 0.6) is 0 Å². The molecule has 0 saturated carbocycles. The molecule has 0 radical (unpaired) electrons. The molecule has 21 heavy (non-hydrogen) atoms. The molecule has 1 aromatic carbocycles. The highest BCUT2D eigenvalue weighted by Gasteiger charge is 2.41. The molecule has 2 rings (SSSR count). The lowest BCUT2D eigenvalue weighted by Gasteiger charge is -2.18. The first kappa shape index (κ1) is 16.8. The van der Waals surface area contributed by atoms with Crippen LogP contribution in [0.1, 0.15) is 0 Å². The van der Waals surface area contributed by atoms with Gasteiger partial charge in [-0.15, -0.1) is 0 Å².